The van der Waals surface area contributed by atoms with Gasteiger partial charge < -0.3 is 15.2 Å². The minimum atomic E-state index is -1.04. The van der Waals surface area contributed by atoms with Crippen LogP contribution >= 0.6 is 0 Å². The number of methoxy groups -OCH3 is 1. The number of aryl methyl sites for hydroxylation is 1. The third-order valence-electron chi connectivity index (χ3n) is 2.94. The van der Waals surface area contributed by atoms with Crippen molar-refractivity contribution in [2.75, 3.05) is 12.4 Å². The fourth-order valence-corrected chi connectivity index (χ4v) is 1.72. The Morgan fingerprint density at radius 2 is 2.11 bits per heavy atom. The summed E-state index contributed by atoms with van der Waals surface area (Å²) in [5, 5.41) is 11.8. The highest BCUT2D eigenvalue weighted by atomic mass is 16.5. The number of hydrogen-bond acceptors (Lipinski definition) is 3. The number of ether oxygens (including phenoxy) is 1. The highest BCUT2D eigenvalue weighted by Gasteiger charge is 2.15. The average Bonchev–Trinajstić information content (AvgIpc) is 2.35. The van der Waals surface area contributed by atoms with Crippen LogP contribution in [0.2, 0.25) is 0 Å². The second-order valence-corrected chi connectivity index (χ2v) is 4.44. The van der Waals surface area contributed by atoms with Crippen LogP contribution in [0, 0.1) is 6.92 Å². The van der Waals surface area contributed by atoms with Gasteiger partial charge in [-0.25, -0.2) is 4.79 Å². The number of anilines is 1. The summed E-state index contributed by atoms with van der Waals surface area (Å²) in [5.74, 6) is -1.25. The highest BCUT2D eigenvalue weighted by Crippen LogP contribution is 2.20. The average molecular weight is 265 g/mol. The number of carboxylic acid groups (broad SMARTS) is 1. The Morgan fingerprint density at radius 3 is 2.68 bits per heavy atom. The van der Waals surface area contributed by atoms with Crippen LogP contribution in [0.3, 0.4) is 0 Å². The van der Waals surface area contributed by atoms with Crippen molar-refractivity contribution in [1.29, 1.82) is 0 Å². The Labute approximate surface area is 112 Å². The van der Waals surface area contributed by atoms with Gasteiger partial charge in [-0.15, -0.1) is 0 Å². The summed E-state index contributed by atoms with van der Waals surface area (Å²) in [4.78, 5) is 22.9. The van der Waals surface area contributed by atoms with Gasteiger partial charge in [0.25, 0.3) is 0 Å². The van der Waals surface area contributed by atoms with Crippen LogP contribution in [0.25, 0.3) is 0 Å². The Kier molecular flexibility index (Phi) is 5.51. The minimum absolute atomic E-state index is 0.00204. The number of amides is 1. The van der Waals surface area contributed by atoms with Crippen molar-refractivity contribution in [1.82, 2.24) is 0 Å². The van der Waals surface area contributed by atoms with Gasteiger partial charge in [-0.3, -0.25) is 4.79 Å². The standard InChI is InChI=1S/C14H19NO4/c1-9-5-4-6-11(13(9)14(17)18)15-12(16)8-7-10(2)19-3/h4-6,10H,7-8H2,1-3H3,(H,15,16)(H,17,18). The number of hydrogen-bond donors (Lipinski definition) is 2. The second kappa shape index (κ2) is 6.89. The van der Waals surface area contributed by atoms with Crippen molar-refractivity contribution in [2.24, 2.45) is 0 Å². The van der Waals surface area contributed by atoms with E-state index in [9.17, 15) is 9.59 Å². The largest absolute Gasteiger partial charge is 0.478 e. The van der Waals surface area contributed by atoms with Crippen molar-refractivity contribution in [3.05, 3.63) is 29.3 Å². The zero-order valence-corrected chi connectivity index (χ0v) is 11.4. The summed E-state index contributed by atoms with van der Waals surface area (Å²) in [6.07, 6.45) is 0.890. The third kappa shape index (κ3) is 4.37. The van der Waals surface area contributed by atoms with Crippen molar-refractivity contribution in [3.8, 4) is 0 Å². The van der Waals surface area contributed by atoms with Gasteiger partial charge in [-0.05, 0) is 31.9 Å². The Morgan fingerprint density at radius 1 is 1.42 bits per heavy atom. The number of nitrogens with one attached hydrogen (secondary N) is 1. The lowest BCUT2D eigenvalue weighted by atomic mass is 10.1. The molecule has 0 heterocycles. The quantitative estimate of drug-likeness (QED) is 0.828. The molecule has 0 fully saturated rings. The first-order valence-corrected chi connectivity index (χ1v) is 6.11. The summed E-state index contributed by atoms with van der Waals surface area (Å²) in [7, 11) is 1.59. The van der Waals surface area contributed by atoms with Gasteiger partial charge >= 0.3 is 5.97 Å². The smallest absolute Gasteiger partial charge is 0.338 e. The van der Waals surface area contributed by atoms with Crippen molar-refractivity contribution < 1.29 is 19.4 Å². The minimum Gasteiger partial charge on any atom is -0.478 e. The summed E-state index contributed by atoms with van der Waals surface area (Å²) < 4.78 is 5.06. The normalized spacial score (nSPS) is 11.9. The molecule has 1 aromatic carbocycles. The molecule has 0 aliphatic carbocycles. The summed E-state index contributed by atoms with van der Waals surface area (Å²) in [5.41, 5.74) is 1.09. The molecule has 2 N–H and O–H groups in total. The summed E-state index contributed by atoms with van der Waals surface area (Å²) in [6, 6.07) is 5.01. The molecule has 1 atom stereocenters. The van der Waals surface area contributed by atoms with Crippen LogP contribution in [0.5, 0.6) is 0 Å². The highest BCUT2D eigenvalue weighted by molar-refractivity contribution is 6.01. The molecule has 0 aliphatic heterocycles. The molecule has 1 aromatic rings. The zero-order valence-electron chi connectivity index (χ0n) is 11.4. The van der Waals surface area contributed by atoms with E-state index < -0.39 is 5.97 Å². The van der Waals surface area contributed by atoms with E-state index in [2.05, 4.69) is 5.32 Å². The van der Waals surface area contributed by atoms with Crippen molar-refractivity contribution in [2.45, 2.75) is 32.8 Å². The molecule has 1 unspecified atom stereocenters. The maximum absolute atomic E-state index is 11.8. The fourth-order valence-electron chi connectivity index (χ4n) is 1.72. The number of carboxylic acids is 1. The molecule has 5 nitrogen and oxygen atoms in total. The monoisotopic (exact) mass is 265 g/mol. The van der Waals surface area contributed by atoms with E-state index in [1.807, 2.05) is 6.92 Å². The zero-order chi connectivity index (χ0) is 14.4. The molecule has 104 valence electrons. The predicted molar refractivity (Wildman–Crippen MR) is 72.5 cm³/mol. The maximum Gasteiger partial charge on any atom is 0.338 e. The Balaban J connectivity index is 2.74. The molecule has 1 rings (SSSR count). The van der Waals surface area contributed by atoms with E-state index in [0.717, 1.165) is 0 Å². The van der Waals surface area contributed by atoms with E-state index in [-0.39, 0.29) is 17.6 Å². The van der Waals surface area contributed by atoms with Gasteiger partial charge in [0.2, 0.25) is 5.91 Å². The Bertz CT molecular complexity index is 471. The van der Waals surface area contributed by atoms with Crippen LogP contribution < -0.4 is 5.32 Å². The molecule has 0 spiro atoms. The molecule has 0 saturated carbocycles. The fraction of sp³-hybridized carbons (Fsp3) is 0.429. The predicted octanol–water partition coefficient (Wildman–Crippen LogP) is 2.45. The second-order valence-electron chi connectivity index (χ2n) is 4.44. The molecule has 0 aliphatic rings. The molecule has 19 heavy (non-hydrogen) atoms. The van der Waals surface area contributed by atoms with Crippen LogP contribution in [0.1, 0.15) is 35.7 Å². The van der Waals surface area contributed by atoms with E-state index in [1.165, 1.54) is 0 Å². The number of carbonyl (C=O) groups excluding carboxylic acids is 1. The number of rotatable bonds is 6. The lowest BCUT2D eigenvalue weighted by Gasteiger charge is -2.12. The van der Waals surface area contributed by atoms with E-state index in [1.54, 1.807) is 32.2 Å². The summed E-state index contributed by atoms with van der Waals surface area (Å²) in [6.45, 7) is 3.58. The Hall–Kier alpha value is -1.88. The SMILES string of the molecule is COC(C)CCC(=O)Nc1cccc(C)c1C(=O)O. The van der Waals surface area contributed by atoms with Crippen LogP contribution in [0.15, 0.2) is 18.2 Å². The molecule has 0 aromatic heterocycles. The molecule has 5 heteroatoms. The molecular weight excluding hydrogens is 246 g/mol. The number of benzene rings is 1. The first kappa shape index (κ1) is 15.2. The molecule has 0 bridgehead atoms. The van der Waals surface area contributed by atoms with Crippen LogP contribution in [-0.4, -0.2) is 30.2 Å². The lowest BCUT2D eigenvalue weighted by molar-refractivity contribution is -0.116. The van der Waals surface area contributed by atoms with Gasteiger partial charge in [0, 0.05) is 13.5 Å². The van der Waals surface area contributed by atoms with Crippen molar-refractivity contribution >= 4 is 17.6 Å². The molecule has 1 amide bonds. The maximum atomic E-state index is 11.8. The van der Waals surface area contributed by atoms with E-state index in [4.69, 9.17) is 9.84 Å². The molecule has 0 saturated heterocycles. The first-order valence-electron chi connectivity index (χ1n) is 6.11. The van der Waals surface area contributed by atoms with Gasteiger partial charge in [0.15, 0.2) is 0 Å². The van der Waals surface area contributed by atoms with Gasteiger partial charge in [0.05, 0.1) is 17.4 Å². The third-order valence-corrected chi connectivity index (χ3v) is 2.94. The summed E-state index contributed by atoms with van der Waals surface area (Å²) >= 11 is 0. The van der Waals surface area contributed by atoms with E-state index in [0.29, 0.717) is 24.1 Å². The topological polar surface area (TPSA) is 75.6 Å². The molecular formula is C14H19NO4. The van der Waals surface area contributed by atoms with Crippen molar-refractivity contribution in [3.63, 3.8) is 0 Å². The van der Waals surface area contributed by atoms with Gasteiger partial charge in [-0.1, -0.05) is 12.1 Å². The lowest BCUT2D eigenvalue weighted by Crippen LogP contribution is -2.17. The first-order chi connectivity index (χ1) is 8.95. The molecule has 0 radical (unpaired) electrons. The van der Waals surface area contributed by atoms with Gasteiger partial charge in [0.1, 0.15) is 0 Å². The van der Waals surface area contributed by atoms with Crippen LogP contribution in [0.4, 0.5) is 5.69 Å². The number of carbonyl (C=O) groups is 2. The number of aromatic carboxylic acids is 1. The van der Waals surface area contributed by atoms with E-state index >= 15 is 0 Å². The van der Waals surface area contributed by atoms with Gasteiger partial charge in [-0.2, -0.15) is 0 Å². The van der Waals surface area contributed by atoms with Crippen LogP contribution in [-0.2, 0) is 9.53 Å².